The predicted octanol–water partition coefficient (Wildman–Crippen LogP) is 1.66. The summed E-state index contributed by atoms with van der Waals surface area (Å²) in [5.74, 6) is -0.525. The zero-order chi connectivity index (χ0) is 17.7. The van der Waals surface area contributed by atoms with Crippen LogP contribution < -0.4 is 0 Å². The van der Waals surface area contributed by atoms with E-state index in [4.69, 9.17) is 14.2 Å². The van der Waals surface area contributed by atoms with E-state index in [2.05, 4.69) is 13.2 Å². The minimum atomic E-state index is -0.470. The first-order valence-corrected chi connectivity index (χ1v) is 8.00. The summed E-state index contributed by atoms with van der Waals surface area (Å²) < 4.78 is 16.3. The Morgan fingerprint density at radius 3 is 2.52 bits per heavy atom. The van der Waals surface area contributed by atoms with Gasteiger partial charge in [-0.2, -0.15) is 0 Å². The molecule has 0 aromatic rings. The van der Waals surface area contributed by atoms with Crippen LogP contribution in [0.15, 0.2) is 25.3 Å². The van der Waals surface area contributed by atoms with Crippen LogP contribution in [0.5, 0.6) is 0 Å². The number of hydrogen-bond acceptors (Lipinski definition) is 5. The second kappa shape index (κ2) is 12.1. The van der Waals surface area contributed by atoms with Crippen molar-refractivity contribution in [2.45, 2.75) is 38.6 Å². The lowest BCUT2D eigenvalue weighted by molar-refractivity contribution is -0.139. The van der Waals surface area contributed by atoms with E-state index >= 15 is 0 Å². The average Bonchev–Trinajstić information content (AvgIpc) is 2.52. The van der Waals surface area contributed by atoms with Gasteiger partial charge in [0.25, 0.3) is 0 Å². The van der Waals surface area contributed by atoms with Crippen molar-refractivity contribution in [2.24, 2.45) is 5.92 Å². The third-order valence-electron chi connectivity index (χ3n) is 3.39. The Bertz CT molecular complexity index is 368. The molecule has 0 saturated carbocycles. The highest BCUT2D eigenvalue weighted by Crippen LogP contribution is 2.13. The van der Waals surface area contributed by atoms with Gasteiger partial charge in [-0.05, 0) is 32.8 Å². The van der Waals surface area contributed by atoms with Crippen LogP contribution in [0.3, 0.4) is 0 Å². The molecule has 0 N–H and O–H groups in total. The summed E-state index contributed by atoms with van der Waals surface area (Å²) in [5.41, 5.74) is -0.224. The van der Waals surface area contributed by atoms with Crippen molar-refractivity contribution in [3.63, 3.8) is 0 Å². The highest BCUT2D eigenvalue weighted by atomic mass is 16.5. The van der Waals surface area contributed by atoms with Crippen LogP contribution in [0.2, 0.25) is 0 Å². The summed E-state index contributed by atoms with van der Waals surface area (Å²) in [4.78, 5) is 22.5. The highest BCUT2D eigenvalue weighted by Gasteiger charge is 2.18. The van der Waals surface area contributed by atoms with Gasteiger partial charge < -0.3 is 14.2 Å². The number of ketones is 1. The molecular weight excluding hydrogens is 295 g/mol. The Kier molecular flexibility index (Phi) is 11.3. The zero-order valence-corrected chi connectivity index (χ0v) is 14.6. The third-order valence-corrected chi connectivity index (χ3v) is 3.39. The fourth-order valence-electron chi connectivity index (χ4n) is 1.95. The molecule has 0 aromatic carbocycles. The first-order chi connectivity index (χ1) is 10.8. The van der Waals surface area contributed by atoms with Crippen molar-refractivity contribution in [3.05, 3.63) is 25.3 Å². The molecule has 0 rings (SSSR count). The normalized spacial score (nSPS) is 14.5. The largest absolute Gasteiger partial charge is 0.462 e. The molecule has 5 nitrogen and oxygen atoms in total. The molecule has 0 heterocycles. The molecule has 0 aliphatic heterocycles. The number of ether oxygens (including phenoxy) is 3. The summed E-state index contributed by atoms with van der Waals surface area (Å²) in [6, 6.07) is 0. The minimum absolute atomic E-state index is 0.0254. The van der Waals surface area contributed by atoms with E-state index in [0.717, 1.165) is 12.5 Å². The Hall–Kier alpha value is -1.40. The lowest BCUT2D eigenvalue weighted by atomic mass is 9.81. The van der Waals surface area contributed by atoms with Gasteiger partial charge in [0.15, 0.2) is 5.78 Å². The highest BCUT2D eigenvalue weighted by molar-refractivity contribution is 6.14. The molecule has 0 aliphatic carbocycles. The van der Waals surface area contributed by atoms with E-state index in [1.165, 1.54) is 6.08 Å². The van der Waals surface area contributed by atoms with Crippen molar-refractivity contribution >= 4 is 19.6 Å². The van der Waals surface area contributed by atoms with Crippen LogP contribution in [-0.2, 0) is 23.8 Å². The number of allylic oxidation sites excluding steroid dienone is 1. The maximum absolute atomic E-state index is 11.3. The quantitative estimate of drug-likeness (QED) is 0.210. The van der Waals surface area contributed by atoms with Gasteiger partial charge in [-0.1, -0.05) is 13.2 Å². The molecule has 0 saturated heterocycles. The summed E-state index contributed by atoms with van der Waals surface area (Å²) in [5, 5.41) is 0. The number of carbonyl (C=O) groups is 2. The van der Waals surface area contributed by atoms with E-state index in [1.807, 2.05) is 21.7 Å². The average molecular weight is 324 g/mol. The van der Waals surface area contributed by atoms with E-state index < -0.39 is 5.97 Å². The summed E-state index contributed by atoms with van der Waals surface area (Å²) in [7, 11) is 2.02. The molecule has 0 aliphatic rings. The fourth-order valence-corrected chi connectivity index (χ4v) is 1.95. The topological polar surface area (TPSA) is 61.8 Å². The van der Waals surface area contributed by atoms with Gasteiger partial charge in [0.05, 0.1) is 13.2 Å². The maximum Gasteiger partial charge on any atom is 0.330 e. The van der Waals surface area contributed by atoms with Crippen LogP contribution in [0.4, 0.5) is 0 Å². The second-order valence-corrected chi connectivity index (χ2v) is 5.93. The number of esters is 1. The van der Waals surface area contributed by atoms with Crippen molar-refractivity contribution in [2.75, 3.05) is 26.4 Å². The van der Waals surface area contributed by atoms with E-state index in [0.29, 0.717) is 32.7 Å². The maximum atomic E-state index is 11.3. The molecule has 0 fully saturated rings. The molecule has 130 valence electrons. The predicted molar refractivity (Wildman–Crippen MR) is 93.1 cm³/mol. The molecule has 2 unspecified atom stereocenters. The van der Waals surface area contributed by atoms with Gasteiger partial charge in [0.2, 0.25) is 0 Å². The van der Waals surface area contributed by atoms with E-state index in [9.17, 15) is 9.59 Å². The van der Waals surface area contributed by atoms with Gasteiger partial charge in [-0.15, -0.1) is 0 Å². The molecule has 0 spiro atoms. The van der Waals surface area contributed by atoms with Crippen molar-refractivity contribution in [1.29, 1.82) is 0 Å². The lowest BCUT2D eigenvalue weighted by Gasteiger charge is -2.25. The van der Waals surface area contributed by atoms with Gasteiger partial charge in [0.1, 0.15) is 7.85 Å². The van der Waals surface area contributed by atoms with Gasteiger partial charge in [-0.25, -0.2) is 4.79 Å². The van der Waals surface area contributed by atoms with Crippen LogP contribution in [0.1, 0.15) is 33.1 Å². The Morgan fingerprint density at radius 2 is 1.96 bits per heavy atom. The summed E-state index contributed by atoms with van der Waals surface area (Å²) in [6.45, 7) is 12.6. The Labute approximate surface area is 140 Å². The molecule has 0 amide bonds. The van der Waals surface area contributed by atoms with Crippen LogP contribution in [-0.4, -0.2) is 51.5 Å². The first kappa shape index (κ1) is 21.6. The van der Waals surface area contributed by atoms with Crippen LogP contribution in [0.25, 0.3) is 0 Å². The van der Waals surface area contributed by atoms with Crippen molar-refractivity contribution < 1.29 is 23.8 Å². The molecular formula is C17H29BO5. The molecule has 6 heteroatoms. The molecule has 2 atom stereocenters. The molecule has 0 bridgehead atoms. The van der Waals surface area contributed by atoms with Gasteiger partial charge >= 0.3 is 5.97 Å². The fraction of sp³-hybridized carbons (Fsp3) is 0.647. The zero-order valence-electron chi connectivity index (χ0n) is 14.6. The summed E-state index contributed by atoms with van der Waals surface area (Å²) >= 11 is 0. The third kappa shape index (κ3) is 11.8. The summed E-state index contributed by atoms with van der Waals surface area (Å²) in [6.07, 6.45) is 4.15. The van der Waals surface area contributed by atoms with E-state index in [-0.39, 0.29) is 23.8 Å². The van der Waals surface area contributed by atoms with Gasteiger partial charge in [0, 0.05) is 37.1 Å². The standard InChI is InChI=1S/C17H29BO5/c1-5-15(19)9-8-14(13-22-16(20)6-2)12-21-11-10-17(4,18)23-7-3/h5-6,14H,1-2,7-13,18H2,3-4H3. The Morgan fingerprint density at radius 1 is 1.26 bits per heavy atom. The smallest absolute Gasteiger partial charge is 0.330 e. The lowest BCUT2D eigenvalue weighted by Crippen LogP contribution is -2.31. The minimum Gasteiger partial charge on any atom is -0.462 e. The van der Waals surface area contributed by atoms with Crippen molar-refractivity contribution in [3.8, 4) is 0 Å². The Balaban J connectivity index is 4.22. The SMILES string of the molecule is BC(C)(CCOCC(CCC(=O)C=C)COC(=O)C=C)OCC. The van der Waals surface area contributed by atoms with Crippen LogP contribution >= 0.6 is 0 Å². The number of carbonyl (C=O) groups excluding carboxylic acids is 2. The molecule has 23 heavy (non-hydrogen) atoms. The number of rotatable bonds is 14. The van der Waals surface area contributed by atoms with E-state index in [1.54, 1.807) is 0 Å². The molecule has 0 aromatic heterocycles. The monoisotopic (exact) mass is 324 g/mol. The molecule has 0 radical (unpaired) electrons. The van der Waals surface area contributed by atoms with Crippen molar-refractivity contribution in [1.82, 2.24) is 0 Å². The van der Waals surface area contributed by atoms with Gasteiger partial charge in [-0.3, -0.25) is 4.79 Å². The second-order valence-electron chi connectivity index (χ2n) is 5.93. The van der Waals surface area contributed by atoms with Crippen LogP contribution in [0, 0.1) is 5.92 Å². The first-order valence-electron chi connectivity index (χ1n) is 8.00. The number of hydrogen-bond donors (Lipinski definition) is 0.